The summed E-state index contributed by atoms with van der Waals surface area (Å²) in [5.74, 6) is 0. The molecule has 0 unspecified atom stereocenters. The van der Waals surface area contributed by atoms with Gasteiger partial charge in [-0.15, -0.1) is 0 Å². The molecule has 82 valence electrons. The Bertz CT molecular complexity index is 459. The summed E-state index contributed by atoms with van der Waals surface area (Å²) in [7, 11) is 1.74. The molecule has 0 atom stereocenters. The van der Waals surface area contributed by atoms with E-state index in [9.17, 15) is 0 Å². The number of aromatic amines is 1. The second kappa shape index (κ2) is 5.71. The number of H-pyrrole nitrogens is 1. The SMILES string of the molecule is C=C/C=C\c1[nH]c(/C=N\C)c(C=C)c1C=C. The molecule has 0 aliphatic carbocycles. The molecule has 0 bridgehead atoms. The Labute approximate surface area is 96.4 Å². The van der Waals surface area contributed by atoms with Gasteiger partial charge in [0.25, 0.3) is 0 Å². The first-order valence-corrected chi connectivity index (χ1v) is 5.00. The minimum Gasteiger partial charge on any atom is -0.353 e. The third kappa shape index (κ3) is 2.28. The lowest BCUT2D eigenvalue weighted by molar-refractivity contribution is 1.33. The maximum atomic E-state index is 4.00. The predicted octanol–water partition coefficient (Wildman–Crippen LogP) is 3.55. The minimum atomic E-state index is 0.941. The average Bonchev–Trinajstić information content (AvgIpc) is 2.63. The molecule has 16 heavy (non-hydrogen) atoms. The Hall–Kier alpha value is -2.09. The van der Waals surface area contributed by atoms with E-state index in [1.165, 1.54) is 0 Å². The fraction of sp³-hybridized carbons (Fsp3) is 0.0714. The van der Waals surface area contributed by atoms with E-state index in [0.29, 0.717) is 0 Å². The second-order valence-electron chi connectivity index (χ2n) is 3.17. The number of hydrogen-bond acceptors (Lipinski definition) is 1. The van der Waals surface area contributed by atoms with Crippen molar-refractivity contribution in [2.45, 2.75) is 0 Å². The quantitative estimate of drug-likeness (QED) is 0.571. The molecule has 1 aromatic rings. The maximum absolute atomic E-state index is 4.00. The van der Waals surface area contributed by atoms with Crippen molar-refractivity contribution in [1.29, 1.82) is 0 Å². The zero-order valence-corrected chi connectivity index (χ0v) is 9.53. The summed E-state index contributed by atoms with van der Waals surface area (Å²) in [6.07, 6.45) is 10.9. The first-order chi connectivity index (χ1) is 7.78. The minimum absolute atomic E-state index is 0.941. The molecule has 1 N–H and O–H groups in total. The summed E-state index contributed by atoms with van der Waals surface area (Å²) in [4.78, 5) is 7.26. The summed E-state index contributed by atoms with van der Waals surface area (Å²) in [5, 5.41) is 0. The molecule has 0 amide bonds. The van der Waals surface area contributed by atoms with Gasteiger partial charge in [0.05, 0.1) is 5.69 Å². The number of aliphatic imine (C=N–C) groups is 1. The normalized spacial score (nSPS) is 11.1. The largest absolute Gasteiger partial charge is 0.353 e. The molecule has 0 aromatic carbocycles. The molecule has 0 fully saturated rings. The van der Waals surface area contributed by atoms with Gasteiger partial charge < -0.3 is 4.98 Å². The number of rotatable bonds is 5. The van der Waals surface area contributed by atoms with Crippen LogP contribution in [0, 0.1) is 0 Å². The molecule has 2 heteroatoms. The monoisotopic (exact) mass is 212 g/mol. The van der Waals surface area contributed by atoms with E-state index in [1.54, 1.807) is 25.4 Å². The first kappa shape index (κ1) is 12.0. The average molecular weight is 212 g/mol. The smallest absolute Gasteiger partial charge is 0.0645 e. The zero-order chi connectivity index (χ0) is 12.0. The Balaban J connectivity index is 3.38. The van der Waals surface area contributed by atoms with Gasteiger partial charge in [-0.3, -0.25) is 4.99 Å². The van der Waals surface area contributed by atoms with Crippen molar-refractivity contribution in [3.8, 4) is 0 Å². The van der Waals surface area contributed by atoms with Gasteiger partial charge in [-0.1, -0.05) is 44.0 Å². The van der Waals surface area contributed by atoms with Crippen LogP contribution in [0.25, 0.3) is 18.2 Å². The molecule has 0 saturated carbocycles. The fourth-order valence-corrected chi connectivity index (χ4v) is 1.54. The molecule has 1 rings (SSSR count). The Kier molecular flexibility index (Phi) is 4.28. The van der Waals surface area contributed by atoms with Crippen LogP contribution in [0.2, 0.25) is 0 Å². The highest BCUT2D eigenvalue weighted by Crippen LogP contribution is 2.22. The lowest BCUT2D eigenvalue weighted by atomic mass is 10.1. The lowest BCUT2D eigenvalue weighted by Gasteiger charge is -1.93. The molecule has 0 saturated heterocycles. The van der Waals surface area contributed by atoms with Crippen molar-refractivity contribution >= 4 is 24.4 Å². The van der Waals surface area contributed by atoms with Gasteiger partial charge >= 0.3 is 0 Å². The van der Waals surface area contributed by atoms with Crippen LogP contribution in [0.3, 0.4) is 0 Å². The van der Waals surface area contributed by atoms with E-state index in [2.05, 4.69) is 29.7 Å². The van der Waals surface area contributed by atoms with Gasteiger partial charge in [0.15, 0.2) is 0 Å². The van der Waals surface area contributed by atoms with E-state index >= 15 is 0 Å². The Morgan fingerprint density at radius 3 is 2.19 bits per heavy atom. The van der Waals surface area contributed by atoms with Crippen molar-refractivity contribution in [2.75, 3.05) is 7.05 Å². The van der Waals surface area contributed by atoms with Crippen LogP contribution in [-0.2, 0) is 0 Å². The predicted molar refractivity (Wildman–Crippen MR) is 73.7 cm³/mol. The van der Waals surface area contributed by atoms with Gasteiger partial charge in [0.1, 0.15) is 0 Å². The lowest BCUT2D eigenvalue weighted by Crippen LogP contribution is -1.83. The second-order valence-corrected chi connectivity index (χ2v) is 3.17. The number of nitrogens with zero attached hydrogens (tertiary/aromatic N) is 1. The van der Waals surface area contributed by atoms with Gasteiger partial charge in [0, 0.05) is 30.1 Å². The third-order valence-corrected chi connectivity index (χ3v) is 2.21. The highest BCUT2D eigenvalue weighted by molar-refractivity contribution is 5.88. The van der Waals surface area contributed by atoms with Crippen molar-refractivity contribution in [3.05, 3.63) is 54.4 Å². The van der Waals surface area contributed by atoms with E-state index in [1.807, 2.05) is 18.2 Å². The van der Waals surface area contributed by atoms with Crippen LogP contribution in [-0.4, -0.2) is 18.2 Å². The number of aromatic nitrogens is 1. The molecule has 1 aromatic heterocycles. The molecule has 2 nitrogen and oxygen atoms in total. The molecular formula is C14H16N2. The number of nitrogens with one attached hydrogen (secondary N) is 1. The molecule has 0 spiro atoms. The van der Waals surface area contributed by atoms with Crippen LogP contribution in [0.4, 0.5) is 0 Å². The fourth-order valence-electron chi connectivity index (χ4n) is 1.54. The molecule has 1 heterocycles. The van der Waals surface area contributed by atoms with Crippen LogP contribution < -0.4 is 0 Å². The summed E-state index contributed by atoms with van der Waals surface area (Å²) in [5.41, 5.74) is 3.98. The van der Waals surface area contributed by atoms with E-state index < -0.39 is 0 Å². The standard InChI is InChI=1S/C14H16N2/c1-5-8-9-13-11(6-2)12(7-3)14(16-13)10-15-4/h5-10,16H,1-3H2,4H3/b9-8-,15-10-. The van der Waals surface area contributed by atoms with Crippen molar-refractivity contribution in [2.24, 2.45) is 4.99 Å². The van der Waals surface area contributed by atoms with Crippen LogP contribution >= 0.6 is 0 Å². The summed E-state index contributed by atoms with van der Waals surface area (Å²) < 4.78 is 0. The van der Waals surface area contributed by atoms with Crippen LogP contribution in [0.15, 0.2) is 36.9 Å². The summed E-state index contributed by atoms with van der Waals surface area (Å²) >= 11 is 0. The molecule has 0 radical (unpaired) electrons. The Morgan fingerprint density at radius 2 is 1.69 bits per heavy atom. The van der Waals surface area contributed by atoms with Crippen molar-refractivity contribution in [3.63, 3.8) is 0 Å². The van der Waals surface area contributed by atoms with Gasteiger partial charge in [-0.25, -0.2) is 0 Å². The molecular weight excluding hydrogens is 196 g/mol. The van der Waals surface area contributed by atoms with E-state index in [4.69, 9.17) is 0 Å². The third-order valence-electron chi connectivity index (χ3n) is 2.21. The number of hydrogen-bond donors (Lipinski definition) is 1. The maximum Gasteiger partial charge on any atom is 0.0645 e. The van der Waals surface area contributed by atoms with Crippen molar-refractivity contribution in [1.82, 2.24) is 4.98 Å². The van der Waals surface area contributed by atoms with E-state index in [0.717, 1.165) is 22.5 Å². The van der Waals surface area contributed by atoms with Gasteiger partial charge in [0.2, 0.25) is 0 Å². The van der Waals surface area contributed by atoms with Crippen LogP contribution in [0.1, 0.15) is 22.5 Å². The number of allylic oxidation sites excluding steroid dienone is 2. The van der Waals surface area contributed by atoms with Gasteiger partial charge in [-0.05, 0) is 6.08 Å². The highest BCUT2D eigenvalue weighted by atomic mass is 14.8. The zero-order valence-electron chi connectivity index (χ0n) is 9.53. The molecule has 0 aliphatic rings. The first-order valence-electron chi connectivity index (χ1n) is 5.00. The van der Waals surface area contributed by atoms with Crippen molar-refractivity contribution < 1.29 is 0 Å². The summed E-state index contributed by atoms with van der Waals surface area (Å²) in [6.45, 7) is 11.3. The van der Waals surface area contributed by atoms with E-state index in [-0.39, 0.29) is 0 Å². The topological polar surface area (TPSA) is 28.1 Å². The van der Waals surface area contributed by atoms with Gasteiger partial charge in [-0.2, -0.15) is 0 Å². The summed E-state index contributed by atoms with van der Waals surface area (Å²) in [6, 6.07) is 0. The highest BCUT2D eigenvalue weighted by Gasteiger charge is 2.09. The van der Waals surface area contributed by atoms with Crippen LogP contribution in [0.5, 0.6) is 0 Å². The molecule has 0 aliphatic heterocycles. The Morgan fingerprint density at radius 1 is 1.06 bits per heavy atom.